The maximum atomic E-state index is 10.3. The lowest BCUT2D eigenvalue weighted by atomic mass is 9.76. The molecule has 1 atom stereocenters. The number of piperidine rings is 1. The Morgan fingerprint density at radius 2 is 1.67 bits per heavy atom. The van der Waals surface area contributed by atoms with E-state index in [0.29, 0.717) is 17.8 Å². The van der Waals surface area contributed by atoms with Crippen LogP contribution in [0.4, 0.5) is 0 Å². The first-order valence-electron chi connectivity index (χ1n) is 9.80. The first kappa shape index (κ1) is 22.2. The number of β-amino-alcohol motifs (C(OH)–C–C–N with tert-alkyl or cyclic N) is 1. The minimum Gasteiger partial charge on any atom is -0.491 e. The number of hydrogen-bond donors (Lipinski definition) is 3. The Hall–Kier alpha value is -1.12. The largest absolute Gasteiger partial charge is 0.491 e. The van der Waals surface area contributed by atoms with Crippen LogP contribution < -0.4 is 10.2 Å². The molecule has 0 spiro atoms. The standard InChI is InChI=1S/C20H34BNO5/c1-19(2,24)20(3,4)27-21(25)16-8-10-18(11-9-16)26-15-17(23)14-22-12-6-5-7-13-22/h8-11,17,23-25H,5-7,12-15H2,1-4H3/t17-/m1/s1. The molecule has 0 bridgehead atoms. The number of benzene rings is 1. The first-order chi connectivity index (χ1) is 12.6. The maximum Gasteiger partial charge on any atom is 0.491 e. The number of hydrogen-bond acceptors (Lipinski definition) is 6. The molecule has 1 aromatic carbocycles. The highest BCUT2D eigenvalue weighted by Crippen LogP contribution is 2.25. The average molecular weight is 379 g/mol. The summed E-state index contributed by atoms with van der Waals surface area (Å²) in [5, 5.41) is 30.6. The maximum absolute atomic E-state index is 10.3. The van der Waals surface area contributed by atoms with Crippen molar-refractivity contribution < 1.29 is 24.6 Å². The van der Waals surface area contributed by atoms with Crippen molar-refractivity contribution in [2.75, 3.05) is 26.2 Å². The third-order valence-electron chi connectivity index (χ3n) is 5.40. The SMILES string of the molecule is CC(C)(O)C(C)(C)OB(O)c1ccc(OC[C@H](O)CN2CCCCC2)cc1. The van der Waals surface area contributed by atoms with Gasteiger partial charge in [-0.15, -0.1) is 0 Å². The predicted octanol–water partition coefficient (Wildman–Crippen LogP) is 1.17. The molecule has 1 aliphatic heterocycles. The van der Waals surface area contributed by atoms with Crippen molar-refractivity contribution in [3.8, 4) is 5.75 Å². The van der Waals surface area contributed by atoms with Gasteiger partial charge in [-0.05, 0) is 71.2 Å². The highest BCUT2D eigenvalue weighted by Gasteiger charge is 2.39. The summed E-state index contributed by atoms with van der Waals surface area (Å²) in [5.41, 5.74) is -1.43. The normalized spacial score (nSPS) is 17.6. The van der Waals surface area contributed by atoms with Gasteiger partial charge in [-0.1, -0.05) is 18.6 Å². The lowest BCUT2D eigenvalue weighted by molar-refractivity contribution is -0.0982. The Morgan fingerprint density at radius 3 is 2.22 bits per heavy atom. The van der Waals surface area contributed by atoms with E-state index < -0.39 is 24.4 Å². The molecule has 0 aliphatic carbocycles. The monoisotopic (exact) mass is 379 g/mol. The van der Waals surface area contributed by atoms with Crippen molar-refractivity contribution in [3.05, 3.63) is 24.3 Å². The van der Waals surface area contributed by atoms with E-state index in [9.17, 15) is 15.2 Å². The summed E-state index contributed by atoms with van der Waals surface area (Å²) < 4.78 is 11.3. The molecule has 1 aromatic rings. The molecule has 1 fully saturated rings. The quantitative estimate of drug-likeness (QED) is 0.559. The molecule has 2 rings (SSSR count). The lowest BCUT2D eigenvalue weighted by Crippen LogP contribution is -2.53. The van der Waals surface area contributed by atoms with Gasteiger partial charge in [0.25, 0.3) is 0 Å². The Labute approximate surface area is 163 Å². The molecule has 7 heteroatoms. The zero-order chi connectivity index (χ0) is 20.1. The van der Waals surface area contributed by atoms with Crippen molar-refractivity contribution in [3.63, 3.8) is 0 Å². The van der Waals surface area contributed by atoms with E-state index >= 15 is 0 Å². The van der Waals surface area contributed by atoms with Crippen molar-refractivity contribution >= 4 is 12.6 Å². The number of nitrogens with zero attached hydrogens (tertiary/aromatic N) is 1. The molecule has 27 heavy (non-hydrogen) atoms. The van der Waals surface area contributed by atoms with E-state index in [2.05, 4.69) is 4.90 Å². The molecule has 3 N–H and O–H groups in total. The minimum absolute atomic E-state index is 0.237. The van der Waals surface area contributed by atoms with Gasteiger partial charge in [0.15, 0.2) is 0 Å². The van der Waals surface area contributed by atoms with Crippen LogP contribution in [0.15, 0.2) is 24.3 Å². The lowest BCUT2D eigenvalue weighted by Gasteiger charge is -2.38. The van der Waals surface area contributed by atoms with Crippen LogP contribution in [0.25, 0.3) is 0 Å². The van der Waals surface area contributed by atoms with Crippen LogP contribution in [0.5, 0.6) is 5.75 Å². The van der Waals surface area contributed by atoms with Gasteiger partial charge in [0.1, 0.15) is 18.5 Å². The van der Waals surface area contributed by atoms with Crippen LogP contribution in [0.1, 0.15) is 47.0 Å². The zero-order valence-electron chi connectivity index (χ0n) is 17.0. The molecule has 152 valence electrons. The van der Waals surface area contributed by atoms with E-state index in [4.69, 9.17) is 9.39 Å². The van der Waals surface area contributed by atoms with Gasteiger partial charge < -0.3 is 29.5 Å². The Bertz CT molecular complexity index is 567. The second-order valence-electron chi connectivity index (χ2n) is 8.43. The van der Waals surface area contributed by atoms with Crippen LogP contribution in [0, 0.1) is 0 Å². The number of aliphatic hydroxyl groups excluding tert-OH is 1. The van der Waals surface area contributed by atoms with Crippen molar-refractivity contribution in [1.29, 1.82) is 0 Å². The van der Waals surface area contributed by atoms with Gasteiger partial charge in [-0.2, -0.15) is 0 Å². The van der Waals surface area contributed by atoms with Crippen LogP contribution in [0.2, 0.25) is 0 Å². The number of likely N-dealkylation sites (tertiary alicyclic amines) is 1. The number of ether oxygens (including phenoxy) is 1. The number of aliphatic hydroxyl groups is 2. The third kappa shape index (κ3) is 6.77. The van der Waals surface area contributed by atoms with Crippen LogP contribution in [0.3, 0.4) is 0 Å². The molecule has 6 nitrogen and oxygen atoms in total. The van der Waals surface area contributed by atoms with Crippen molar-refractivity contribution in [1.82, 2.24) is 4.90 Å². The zero-order valence-corrected chi connectivity index (χ0v) is 17.0. The van der Waals surface area contributed by atoms with Crippen LogP contribution in [-0.4, -0.2) is 70.8 Å². The Balaban J connectivity index is 1.82. The summed E-state index contributed by atoms with van der Waals surface area (Å²) in [6, 6.07) is 6.92. The minimum atomic E-state index is -1.15. The van der Waals surface area contributed by atoms with Crippen LogP contribution >= 0.6 is 0 Å². The molecule has 0 unspecified atom stereocenters. The second-order valence-corrected chi connectivity index (χ2v) is 8.43. The van der Waals surface area contributed by atoms with Gasteiger partial charge in [-0.25, -0.2) is 0 Å². The summed E-state index contributed by atoms with van der Waals surface area (Å²) in [6.07, 6.45) is 3.15. The van der Waals surface area contributed by atoms with Gasteiger partial charge >= 0.3 is 7.12 Å². The summed E-state index contributed by atoms with van der Waals surface area (Å²) in [5.74, 6) is 0.630. The van der Waals surface area contributed by atoms with Gasteiger partial charge in [0.2, 0.25) is 0 Å². The van der Waals surface area contributed by atoms with Gasteiger partial charge in [0, 0.05) is 6.54 Å². The fourth-order valence-corrected chi connectivity index (χ4v) is 2.91. The number of rotatable bonds is 9. The van der Waals surface area contributed by atoms with E-state index in [1.807, 2.05) is 0 Å². The molecular formula is C20H34BNO5. The molecule has 0 radical (unpaired) electrons. The molecule has 1 saturated heterocycles. The molecular weight excluding hydrogens is 345 g/mol. The molecule has 1 aliphatic rings. The smallest absolute Gasteiger partial charge is 0.491 e. The van der Waals surface area contributed by atoms with E-state index in [1.54, 1.807) is 52.0 Å². The molecule has 0 saturated carbocycles. The Morgan fingerprint density at radius 1 is 1.07 bits per heavy atom. The highest BCUT2D eigenvalue weighted by atomic mass is 16.5. The first-order valence-corrected chi connectivity index (χ1v) is 9.80. The second kappa shape index (κ2) is 9.39. The summed E-state index contributed by atoms with van der Waals surface area (Å²) >= 11 is 0. The molecule has 0 aromatic heterocycles. The van der Waals surface area contributed by atoms with Crippen molar-refractivity contribution in [2.24, 2.45) is 0 Å². The van der Waals surface area contributed by atoms with Crippen molar-refractivity contribution in [2.45, 2.75) is 64.3 Å². The summed E-state index contributed by atoms with van der Waals surface area (Å²) in [4.78, 5) is 2.28. The fraction of sp³-hybridized carbons (Fsp3) is 0.700. The van der Waals surface area contributed by atoms with Gasteiger partial charge in [0.05, 0.1) is 11.2 Å². The average Bonchev–Trinajstić information content (AvgIpc) is 2.60. The van der Waals surface area contributed by atoms with Crippen LogP contribution in [-0.2, 0) is 4.65 Å². The van der Waals surface area contributed by atoms with Gasteiger partial charge in [-0.3, -0.25) is 0 Å². The van der Waals surface area contributed by atoms with E-state index in [-0.39, 0.29) is 6.61 Å². The summed E-state index contributed by atoms with van der Waals surface area (Å²) in [7, 11) is -1.15. The van der Waals surface area contributed by atoms with E-state index in [0.717, 1.165) is 13.1 Å². The van der Waals surface area contributed by atoms with E-state index in [1.165, 1.54) is 19.3 Å². The Kier molecular flexibility index (Phi) is 7.71. The third-order valence-corrected chi connectivity index (χ3v) is 5.40. The molecule has 0 amide bonds. The fourth-order valence-electron chi connectivity index (χ4n) is 2.91. The summed E-state index contributed by atoms with van der Waals surface area (Å²) in [6.45, 7) is 9.72. The molecule has 1 heterocycles. The topological polar surface area (TPSA) is 82.4 Å². The highest BCUT2D eigenvalue weighted by molar-refractivity contribution is 6.60. The predicted molar refractivity (Wildman–Crippen MR) is 107 cm³/mol.